The molecular weight excluding hydrogens is 454 g/mol. The van der Waals surface area contributed by atoms with E-state index in [0.717, 1.165) is 11.3 Å². The van der Waals surface area contributed by atoms with Crippen LogP contribution in [-0.2, 0) is 12.0 Å². The number of anilines is 1. The zero-order chi connectivity index (χ0) is 25.3. The molecule has 1 amide bonds. The van der Waals surface area contributed by atoms with Crippen molar-refractivity contribution in [2.75, 3.05) is 5.32 Å². The van der Waals surface area contributed by atoms with Crippen LogP contribution in [0.2, 0.25) is 0 Å². The van der Waals surface area contributed by atoms with Gasteiger partial charge < -0.3 is 20.0 Å². The fraction of sp³-hybridized carbons (Fsp3) is 0.179. The highest BCUT2D eigenvalue weighted by Gasteiger charge is 2.23. The van der Waals surface area contributed by atoms with E-state index in [1.165, 1.54) is 0 Å². The van der Waals surface area contributed by atoms with Crippen LogP contribution in [0.3, 0.4) is 0 Å². The number of aromatic amines is 2. The predicted molar refractivity (Wildman–Crippen MR) is 140 cm³/mol. The molecule has 0 bridgehead atoms. The Kier molecular flexibility index (Phi) is 5.93. The number of aromatic nitrogens is 4. The van der Waals surface area contributed by atoms with Gasteiger partial charge in [-0.15, -0.1) is 0 Å². The zero-order valence-electron chi connectivity index (χ0n) is 20.3. The molecule has 0 spiro atoms. The van der Waals surface area contributed by atoms with E-state index < -0.39 is 0 Å². The molecule has 0 aliphatic heterocycles. The minimum absolute atomic E-state index is 0.203. The Balaban J connectivity index is 1.40. The average Bonchev–Trinajstić information content (AvgIpc) is 3.44. The molecule has 5 aromatic rings. The lowest BCUT2D eigenvalue weighted by Gasteiger charge is -2.14. The number of hydrogen-bond donors (Lipinski definition) is 3. The second kappa shape index (κ2) is 9.22. The summed E-state index contributed by atoms with van der Waals surface area (Å²) in [7, 11) is 0. The maximum Gasteiger partial charge on any atom is 0.323 e. The molecule has 2 aromatic heterocycles. The van der Waals surface area contributed by atoms with E-state index in [1.54, 1.807) is 47.1 Å². The first kappa shape index (κ1) is 23.2. The highest BCUT2D eigenvalue weighted by molar-refractivity contribution is 6.03. The number of hydrogen-bond acceptors (Lipinski definition) is 4. The fourth-order valence-electron chi connectivity index (χ4n) is 3.92. The summed E-state index contributed by atoms with van der Waals surface area (Å²) in [6.45, 7) is 6.70. The third kappa shape index (κ3) is 4.93. The number of amides is 1. The standard InChI is InChI=1S/C28H27N5O3/c1-28(2,3)24-16-22(33(32-24)17-18-9-5-4-6-10-18)26(34)29-19-11-7-12-20(15-19)36-23-14-8-13-21-25(23)31-27(35)30-21/h4-16H,17H2,1-3H3,(H,29,34)(H2,30,31,35). The summed E-state index contributed by atoms with van der Waals surface area (Å²) in [6.07, 6.45) is 0. The summed E-state index contributed by atoms with van der Waals surface area (Å²) in [6, 6.07) is 24.3. The van der Waals surface area contributed by atoms with E-state index in [2.05, 4.69) is 36.1 Å². The summed E-state index contributed by atoms with van der Waals surface area (Å²) in [4.78, 5) is 30.5. The molecule has 0 fully saturated rings. The average molecular weight is 482 g/mol. The van der Waals surface area contributed by atoms with Crippen LogP contribution < -0.4 is 15.7 Å². The monoisotopic (exact) mass is 481 g/mol. The van der Waals surface area contributed by atoms with Crippen LogP contribution in [0.25, 0.3) is 11.0 Å². The number of fused-ring (bicyclic) bond motifs is 1. The Morgan fingerprint density at radius 3 is 2.53 bits per heavy atom. The Labute approximate surface area is 207 Å². The lowest BCUT2D eigenvalue weighted by molar-refractivity contribution is 0.101. The van der Waals surface area contributed by atoms with Crippen molar-refractivity contribution in [3.8, 4) is 11.5 Å². The van der Waals surface area contributed by atoms with Crippen molar-refractivity contribution in [1.82, 2.24) is 19.7 Å². The first-order valence-electron chi connectivity index (χ1n) is 11.7. The van der Waals surface area contributed by atoms with E-state index in [9.17, 15) is 9.59 Å². The molecule has 0 unspecified atom stereocenters. The minimum atomic E-state index is -0.302. The van der Waals surface area contributed by atoms with Crippen LogP contribution >= 0.6 is 0 Å². The van der Waals surface area contributed by atoms with E-state index in [0.29, 0.717) is 40.5 Å². The molecule has 182 valence electrons. The van der Waals surface area contributed by atoms with Gasteiger partial charge in [-0.05, 0) is 35.9 Å². The van der Waals surface area contributed by atoms with Gasteiger partial charge in [0.2, 0.25) is 0 Å². The smallest absolute Gasteiger partial charge is 0.323 e. The van der Waals surface area contributed by atoms with E-state index in [1.807, 2.05) is 36.4 Å². The van der Waals surface area contributed by atoms with Crippen LogP contribution in [0.5, 0.6) is 11.5 Å². The van der Waals surface area contributed by atoms with Crippen molar-refractivity contribution in [1.29, 1.82) is 0 Å². The quantitative estimate of drug-likeness (QED) is 0.300. The fourth-order valence-corrected chi connectivity index (χ4v) is 3.92. The predicted octanol–water partition coefficient (Wildman–Crippen LogP) is 5.44. The molecule has 0 aliphatic rings. The van der Waals surface area contributed by atoms with Gasteiger partial charge >= 0.3 is 5.69 Å². The maximum absolute atomic E-state index is 13.4. The Hall–Kier alpha value is -4.59. The molecule has 0 saturated heterocycles. The van der Waals surface area contributed by atoms with Crippen LogP contribution in [0.15, 0.2) is 83.7 Å². The van der Waals surface area contributed by atoms with Gasteiger partial charge in [-0.1, -0.05) is 63.2 Å². The van der Waals surface area contributed by atoms with Crippen molar-refractivity contribution in [2.45, 2.75) is 32.7 Å². The molecule has 5 rings (SSSR count). The third-order valence-corrected chi connectivity index (χ3v) is 5.79. The van der Waals surface area contributed by atoms with Gasteiger partial charge in [0.25, 0.3) is 5.91 Å². The zero-order valence-corrected chi connectivity index (χ0v) is 20.3. The number of ether oxygens (including phenoxy) is 1. The van der Waals surface area contributed by atoms with Crippen molar-refractivity contribution in [3.63, 3.8) is 0 Å². The van der Waals surface area contributed by atoms with Crippen molar-refractivity contribution >= 4 is 22.6 Å². The van der Waals surface area contributed by atoms with Gasteiger partial charge in [-0.25, -0.2) is 4.79 Å². The van der Waals surface area contributed by atoms with Gasteiger partial charge in [0.15, 0.2) is 5.75 Å². The molecule has 0 atom stereocenters. The molecule has 8 nitrogen and oxygen atoms in total. The summed E-state index contributed by atoms with van der Waals surface area (Å²) in [5, 5.41) is 7.72. The summed E-state index contributed by atoms with van der Waals surface area (Å²) in [5.41, 5.74) is 3.69. The maximum atomic E-state index is 13.4. The number of H-pyrrole nitrogens is 2. The number of carbonyl (C=O) groups is 1. The van der Waals surface area contributed by atoms with E-state index in [-0.39, 0.29) is 17.0 Å². The van der Waals surface area contributed by atoms with Gasteiger partial charge in [0.1, 0.15) is 17.0 Å². The van der Waals surface area contributed by atoms with Crippen molar-refractivity contribution in [3.05, 3.63) is 106 Å². The van der Waals surface area contributed by atoms with Crippen molar-refractivity contribution in [2.24, 2.45) is 0 Å². The van der Waals surface area contributed by atoms with Crippen LogP contribution in [0.1, 0.15) is 42.5 Å². The highest BCUT2D eigenvalue weighted by Crippen LogP contribution is 2.29. The second-order valence-electron chi connectivity index (χ2n) is 9.65. The normalized spacial score (nSPS) is 11.5. The van der Waals surface area contributed by atoms with Gasteiger partial charge in [-0.2, -0.15) is 5.10 Å². The largest absolute Gasteiger partial charge is 0.455 e. The molecule has 36 heavy (non-hydrogen) atoms. The Morgan fingerprint density at radius 2 is 1.75 bits per heavy atom. The number of carbonyl (C=O) groups excluding carboxylic acids is 1. The van der Waals surface area contributed by atoms with Crippen LogP contribution in [0, 0.1) is 0 Å². The molecular formula is C28H27N5O3. The van der Waals surface area contributed by atoms with Gasteiger partial charge in [0.05, 0.1) is 17.8 Å². The SMILES string of the molecule is CC(C)(C)c1cc(C(=O)Nc2cccc(Oc3cccc4[nH]c(=O)[nH]c34)c2)n(Cc2ccccc2)n1. The van der Waals surface area contributed by atoms with Gasteiger partial charge in [-0.3, -0.25) is 9.48 Å². The molecule has 0 saturated carbocycles. The first-order chi connectivity index (χ1) is 17.3. The lowest BCUT2D eigenvalue weighted by Crippen LogP contribution is -2.18. The Morgan fingerprint density at radius 1 is 0.972 bits per heavy atom. The van der Waals surface area contributed by atoms with Crippen LogP contribution in [0.4, 0.5) is 5.69 Å². The number of benzene rings is 3. The number of nitrogens with zero attached hydrogens (tertiary/aromatic N) is 2. The minimum Gasteiger partial charge on any atom is -0.455 e. The topological polar surface area (TPSA) is 105 Å². The number of imidazole rings is 1. The third-order valence-electron chi connectivity index (χ3n) is 5.79. The van der Waals surface area contributed by atoms with E-state index in [4.69, 9.17) is 9.84 Å². The number of rotatable bonds is 6. The summed E-state index contributed by atoms with van der Waals surface area (Å²) < 4.78 is 7.77. The molecule has 0 radical (unpaired) electrons. The molecule has 3 aromatic carbocycles. The first-order valence-corrected chi connectivity index (χ1v) is 11.7. The molecule has 0 aliphatic carbocycles. The van der Waals surface area contributed by atoms with Crippen molar-refractivity contribution < 1.29 is 9.53 Å². The van der Waals surface area contributed by atoms with E-state index >= 15 is 0 Å². The molecule has 8 heteroatoms. The molecule has 3 N–H and O–H groups in total. The number of para-hydroxylation sites is 1. The Bertz CT molecular complexity index is 1590. The lowest BCUT2D eigenvalue weighted by atomic mass is 9.92. The van der Waals surface area contributed by atoms with Gasteiger partial charge in [0, 0.05) is 17.2 Å². The number of nitrogens with one attached hydrogen (secondary N) is 3. The second-order valence-corrected chi connectivity index (χ2v) is 9.65. The van der Waals surface area contributed by atoms with Crippen LogP contribution in [-0.4, -0.2) is 25.7 Å². The molecule has 2 heterocycles. The highest BCUT2D eigenvalue weighted by atomic mass is 16.5. The summed E-state index contributed by atoms with van der Waals surface area (Å²) >= 11 is 0. The summed E-state index contributed by atoms with van der Waals surface area (Å²) in [5.74, 6) is 0.767.